The van der Waals surface area contributed by atoms with Gasteiger partial charge in [0.1, 0.15) is 0 Å². The molecule has 0 fully saturated rings. The fourth-order valence-electron chi connectivity index (χ4n) is 1.57. The van der Waals surface area contributed by atoms with Crippen molar-refractivity contribution >= 4 is 33.9 Å². The van der Waals surface area contributed by atoms with Crippen LogP contribution in [-0.4, -0.2) is 14.9 Å². The van der Waals surface area contributed by atoms with Crippen molar-refractivity contribution < 1.29 is 5.11 Å². The van der Waals surface area contributed by atoms with Gasteiger partial charge in [-0.05, 0) is 58.0 Å². The molecule has 16 heavy (non-hydrogen) atoms. The maximum Gasteiger partial charge on any atom is 0.0801 e. The van der Waals surface area contributed by atoms with Gasteiger partial charge in [-0.3, -0.25) is 4.68 Å². The van der Waals surface area contributed by atoms with E-state index in [9.17, 15) is 5.11 Å². The predicted molar refractivity (Wildman–Crippen MR) is 73.5 cm³/mol. The first kappa shape index (κ1) is 12.1. The second-order valence-electron chi connectivity index (χ2n) is 3.76. The van der Waals surface area contributed by atoms with Crippen LogP contribution in [0.15, 0.2) is 23.8 Å². The van der Waals surface area contributed by atoms with E-state index in [0.717, 1.165) is 18.4 Å². The molecule has 0 aromatic carbocycles. The Labute approximate surface area is 112 Å². The van der Waals surface area contributed by atoms with E-state index in [0.29, 0.717) is 0 Å². The molecule has 0 aliphatic rings. The summed E-state index contributed by atoms with van der Waals surface area (Å²) in [6.07, 6.45) is 5.09. The van der Waals surface area contributed by atoms with E-state index >= 15 is 0 Å². The summed E-state index contributed by atoms with van der Waals surface area (Å²) >= 11 is 3.94. The average Bonchev–Trinajstić information content (AvgIpc) is 2.84. The van der Waals surface area contributed by atoms with Crippen LogP contribution in [-0.2, 0) is 13.5 Å². The number of aromatic nitrogens is 2. The smallest absolute Gasteiger partial charge is 0.0801 e. The van der Waals surface area contributed by atoms with Crippen molar-refractivity contribution in [2.24, 2.45) is 7.05 Å². The van der Waals surface area contributed by atoms with Crippen LogP contribution in [0.5, 0.6) is 0 Å². The van der Waals surface area contributed by atoms with Crippen LogP contribution in [0.4, 0.5) is 0 Å². The van der Waals surface area contributed by atoms with Gasteiger partial charge in [-0.1, -0.05) is 0 Å². The molecule has 0 saturated heterocycles. The van der Waals surface area contributed by atoms with Gasteiger partial charge in [0.05, 0.1) is 15.2 Å². The van der Waals surface area contributed by atoms with Gasteiger partial charge in [-0.2, -0.15) is 5.10 Å². The monoisotopic (exact) mass is 348 g/mol. The highest BCUT2D eigenvalue weighted by Gasteiger charge is 2.10. The lowest BCUT2D eigenvalue weighted by molar-refractivity contribution is 0.168. The molecule has 1 N–H and O–H groups in total. The summed E-state index contributed by atoms with van der Waals surface area (Å²) in [5.74, 6) is 0. The maximum absolute atomic E-state index is 9.98. The minimum absolute atomic E-state index is 0.361. The van der Waals surface area contributed by atoms with Crippen molar-refractivity contribution in [3.05, 3.63) is 37.9 Å². The van der Waals surface area contributed by atoms with Gasteiger partial charge in [0, 0.05) is 13.2 Å². The van der Waals surface area contributed by atoms with Crippen molar-refractivity contribution in [3.8, 4) is 0 Å². The lowest BCUT2D eigenvalue weighted by Gasteiger charge is -2.06. The zero-order chi connectivity index (χ0) is 11.5. The van der Waals surface area contributed by atoms with E-state index in [4.69, 9.17) is 0 Å². The molecule has 0 bridgehead atoms. The molecular formula is C11H13IN2OS. The molecule has 2 aromatic rings. The summed E-state index contributed by atoms with van der Waals surface area (Å²) in [5.41, 5.74) is 2.20. The minimum Gasteiger partial charge on any atom is -0.388 e. The number of nitrogens with zero attached hydrogens (tertiary/aromatic N) is 2. The van der Waals surface area contributed by atoms with Gasteiger partial charge in [-0.15, -0.1) is 11.3 Å². The Morgan fingerprint density at radius 2 is 2.44 bits per heavy atom. The Morgan fingerprint density at radius 1 is 1.62 bits per heavy atom. The molecule has 3 nitrogen and oxygen atoms in total. The summed E-state index contributed by atoms with van der Waals surface area (Å²) in [5, 5.41) is 16.1. The molecule has 0 radical (unpaired) electrons. The first-order valence-electron chi connectivity index (χ1n) is 5.04. The van der Waals surface area contributed by atoms with Crippen molar-refractivity contribution in [2.75, 3.05) is 0 Å². The standard InChI is InChI=1S/C11H13IN2OS/c1-14-6-8(5-13-14)2-3-10(15)9-4-11(12)16-7-9/h4-7,10,15H,2-3H2,1H3. The number of aliphatic hydroxyl groups excluding tert-OH is 1. The zero-order valence-corrected chi connectivity index (χ0v) is 11.9. The molecule has 1 atom stereocenters. The van der Waals surface area contributed by atoms with Gasteiger partial charge in [0.15, 0.2) is 0 Å². The first-order valence-corrected chi connectivity index (χ1v) is 7.00. The molecule has 1 unspecified atom stereocenters. The maximum atomic E-state index is 9.98. The second-order valence-corrected chi connectivity index (χ2v) is 6.57. The molecule has 0 spiro atoms. The minimum atomic E-state index is -0.361. The summed E-state index contributed by atoms with van der Waals surface area (Å²) in [6, 6.07) is 2.04. The summed E-state index contributed by atoms with van der Waals surface area (Å²) in [7, 11) is 1.90. The average molecular weight is 348 g/mol. The summed E-state index contributed by atoms with van der Waals surface area (Å²) in [4.78, 5) is 0. The molecule has 2 rings (SSSR count). The van der Waals surface area contributed by atoms with E-state index in [2.05, 4.69) is 27.7 Å². The Bertz CT molecular complexity index is 466. The third kappa shape index (κ3) is 3.05. The van der Waals surface area contributed by atoms with E-state index in [1.165, 1.54) is 8.45 Å². The third-order valence-corrected chi connectivity index (χ3v) is 4.24. The Hall–Kier alpha value is -0.400. The van der Waals surface area contributed by atoms with Crippen LogP contribution < -0.4 is 0 Å². The number of aryl methyl sites for hydroxylation is 2. The van der Waals surface area contributed by atoms with Crippen molar-refractivity contribution in [2.45, 2.75) is 18.9 Å². The van der Waals surface area contributed by atoms with E-state index in [1.807, 2.05) is 30.9 Å². The van der Waals surface area contributed by atoms with E-state index in [-0.39, 0.29) is 6.10 Å². The summed E-state index contributed by atoms with van der Waals surface area (Å²) < 4.78 is 3.00. The highest BCUT2D eigenvalue weighted by molar-refractivity contribution is 14.1. The van der Waals surface area contributed by atoms with Gasteiger partial charge in [0.2, 0.25) is 0 Å². The molecular weight excluding hydrogens is 335 g/mol. The fourth-order valence-corrected chi connectivity index (χ4v) is 2.99. The molecule has 5 heteroatoms. The highest BCUT2D eigenvalue weighted by Crippen LogP contribution is 2.25. The molecule has 2 aromatic heterocycles. The lowest BCUT2D eigenvalue weighted by Crippen LogP contribution is -1.97. The number of thiophene rings is 1. The summed E-state index contributed by atoms with van der Waals surface area (Å²) in [6.45, 7) is 0. The van der Waals surface area contributed by atoms with Crippen LogP contribution in [0.25, 0.3) is 0 Å². The van der Waals surface area contributed by atoms with Crippen molar-refractivity contribution in [1.29, 1.82) is 0 Å². The van der Waals surface area contributed by atoms with Crippen molar-refractivity contribution in [3.63, 3.8) is 0 Å². The number of halogens is 1. The number of aliphatic hydroxyl groups is 1. The van der Waals surface area contributed by atoms with Crippen LogP contribution in [0.2, 0.25) is 0 Å². The van der Waals surface area contributed by atoms with Gasteiger partial charge >= 0.3 is 0 Å². The molecule has 0 aliphatic heterocycles. The Morgan fingerprint density at radius 3 is 3.00 bits per heavy atom. The van der Waals surface area contributed by atoms with Crippen molar-refractivity contribution in [1.82, 2.24) is 9.78 Å². The highest BCUT2D eigenvalue weighted by atomic mass is 127. The van der Waals surface area contributed by atoms with Crippen LogP contribution >= 0.6 is 33.9 Å². The van der Waals surface area contributed by atoms with Gasteiger partial charge < -0.3 is 5.11 Å². The molecule has 0 saturated carbocycles. The number of hydrogen-bond donors (Lipinski definition) is 1. The normalized spacial score (nSPS) is 12.9. The lowest BCUT2D eigenvalue weighted by atomic mass is 10.1. The quantitative estimate of drug-likeness (QED) is 0.863. The second kappa shape index (κ2) is 5.29. The van der Waals surface area contributed by atoms with Crippen LogP contribution in [0.1, 0.15) is 23.7 Å². The number of rotatable bonds is 4. The molecule has 0 aliphatic carbocycles. The Kier molecular flexibility index (Phi) is 3.99. The molecule has 2 heterocycles. The topological polar surface area (TPSA) is 38.0 Å². The van der Waals surface area contributed by atoms with E-state index < -0.39 is 0 Å². The predicted octanol–water partition coefficient (Wildman–Crippen LogP) is 2.75. The zero-order valence-electron chi connectivity index (χ0n) is 8.93. The third-order valence-electron chi connectivity index (χ3n) is 2.44. The first-order chi connectivity index (χ1) is 7.65. The van der Waals surface area contributed by atoms with Crippen LogP contribution in [0.3, 0.4) is 0 Å². The Balaban J connectivity index is 1.91. The SMILES string of the molecule is Cn1cc(CCC(O)c2csc(I)c2)cn1. The fraction of sp³-hybridized carbons (Fsp3) is 0.364. The van der Waals surface area contributed by atoms with Gasteiger partial charge in [0.25, 0.3) is 0 Å². The number of hydrogen-bond acceptors (Lipinski definition) is 3. The van der Waals surface area contributed by atoms with E-state index in [1.54, 1.807) is 16.0 Å². The van der Waals surface area contributed by atoms with Gasteiger partial charge in [-0.25, -0.2) is 0 Å². The van der Waals surface area contributed by atoms with Crippen LogP contribution in [0, 0.1) is 2.88 Å². The largest absolute Gasteiger partial charge is 0.388 e. The molecule has 0 amide bonds. The molecule has 86 valence electrons.